The van der Waals surface area contributed by atoms with Crippen LogP contribution in [0.2, 0.25) is 0 Å². The van der Waals surface area contributed by atoms with Crippen molar-refractivity contribution in [3.05, 3.63) is 94.5 Å². The zero-order valence-electron chi connectivity index (χ0n) is 13.8. The molecule has 1 heterocycles. The van der Waals surface area contributed by atoms with Gasteiger partial charge in [0, 0.05) is 5.56 Å². The van der Waals surface area contributed by atoms with E-state index in [0.717, 1.165) is 11.1 Å². The van der Waals surface area contributed by atoms with Crippen molar-refractivity contribution < 1.29 is 9.13 Å². The third-order valence-electron chi connectivity index (χ3n) is 4.04. The van der Waals surface area contributed by atoms with Gasteiger partial charge in [0.05, 0.1) is 10.9 Å². The van der Waals surface area contributed by atoms with Gasteiger partial charge in [0.15, 0.2) is 11.6 Å². The molecule has 0 aliphatic carbocycles. The topological polar surface area (TPSA) is 55.0 Å². The third kappa shape index (κ3) is 3.19. The van der Waals surface area contributed by atoms with Crippen LogP contribution in [0.15, 0.2) is 77.6 Å². The van der Waals surface area contributed by atoms with E-state index in [1.807, 2.05) is 30.3 Å². The number of rotatable bonds is 4. The number of aromatic amines is 1. The van der Waals surface area contributed by atoms with Gasteiger partial charge < -0.3 is 9.72 Å². The van der Waals surface area contributed by atoms with Gasteiger partial charge >= 0.3 is 0 Å². The summed E-state index contributed by atoms with van der Waals surface area (Å²) in [7, 11) is 0. The molecule has 0 aliphatic rings. The second-order valence-electron chi connectivity index (χ2n) is 5.85. The molecule has 0 fully saturated rings. The fourth-order valence-corrected chi connectivity index (χ4v) is 2.75. The number of H-pyrrole nitrogens is 1. The number of hydrogen-bond acceptors (Lipinski definition) is 3. The van der Waals surface area contributed by atoms with Crippen LogP contribution in [0.25, 0.3) is 22.3 Å². The van der Waals surface area contributed by atoms with E-state index in [1.54, 1.807) is 36.4 Å². The SMILES string of the molecule is O=c1[nH]c(-c2cccc(COc3ccccc3F)c2)nc2ccccc12. The van der Waals surface area contributed by atoms with Gasteiger partial charge in [-0.25, -0.2) is 9.37 Å². The van der Waals surface area contributed by atoms with E-state index in [1.165, 1.54) is 6.07 Å². The smallest absolute Gasteiger partial charge is 0.259 e. The Balaban J connectivity index is 1.64. The summed E-state index contributed by atoms with van der Waals surface area (Å²) in [5.41, 5.74) is 2.07. The van der Waals surface area contributed by atoms with Crippen molar-refractivity contribution in [3.8, 4) is 17.1 Å². The molecule has 0 amide bonds. The average Bonchev–Trinajstić information content (AvgIpc) is 2.68. The van der Waals surface area contributed by atoms with Crippen molar-refractivity contribution in [3.63, 3.8) is 0 Å². The van der Waals surface area contributed by atoms with Gasteiger partial charge in [-0.05, 0) is 35.9 Å². The second-order valence-corrected chi connectivity index (χ2v) is 5.85. The Bertz CT molecular complexity index is 1140. The van der Waals surface area contributed by atoms with Crippen LogP contribution in [0.3, 0.4) is 0 Å². The summed E-state index contributed by atoms with van der Waals surface area (Å²) in [5, 5.41) is 0.551. The number of aromatic nitrogens is 2. The first-order valence-electron chi connectivity index (χ1n) is 8.16. The van der Waals surface area contributed by atoms with E-state index in [4.69, 9.17) is 4.74 Å². The number of halogens is 1. The molecule has 4 rings (SSSR count). The third-order valence-corrected chi connectivity index (χ3v) is 4.04. The Morgan fingerprint density at radius 2 is 1.77 bits per heavy atom. The zero-order valence-corrected chi connectivity index (χ0v) is 13.8. The Morgan fingerprint density at radius 3 is 2.65 bits per heavy atom. The van der Waals surface area contributed by atoms with Crippen LogP contribution in [-0.2, 0) is 6.61 Å². The van der Waals surface area contributed by atoms with Crippen molar-refractivity contribution >= 4 is 10.9 Å². The number of nitrogens with one attached hydrogen (secondary N) is 1. The summed E-state index contributed by atoms with van der Waals surface area (Å²) in [4.78, 5) is 19.6. The van der Waals surface area contributed by atoms with Crippen molar-refractivity contribution in [2.75, 3.05) is 0 Å². The highest BCUT2D eigenvalue weighted by Gasteiger charge is 2.07. The van der Waals surface area contributed by atoms with Crippen molar-refractivity contribution in [2.45, 2.75) is 6.61 Å². The van der Waals surface area contributed by atoms with Crippen LogP contribution in [0.4, 0.5) is 4.39 Å². The van der Waals surface area contributed by atoms with Gasteiger partial charge in [-0.1, -0.05) is 42.5 Å². The molecule has 128 valence electrons. The van der Waals surface area contributed by atoms with E-state index in [2.05, 4.69) is 9.97 Å². The minimum Gasteiger partial charge on any atom is -0.486 e. The summed E-state index contributed by atoms with van der Waals surface area (Å²) < 4.78 is 19.2. The molecule has 4 nitrogen and oxygen atoms in total. The van der Waals surface area contributed by atoms with Crippen molar-refractivity contribution in [1.82, 2.24) is 9.97 Å². The molecule has 5 heteroatoms. The molecule has 0 atom stereocenters. The van der Waals surface area contributed by atoms with Crippen LogP contribution in [0.1, 0.15) is 5.56 Å². The molecule has 1 aromatic heterocycles. The van der Waals surface area contributed by atoms with E-state index in [0.29, 0.717) is 16.7 Å². The Hall–Kier alpha value is -3.47. The zero-order chi connectivity index (χ0) is 17.9. The summed E-state index contributed by atoms with van der Waals surface area (Å²) in [5.74, 6) is 0.292. The number of nitrogens with zero attached hydrogens (tertiary/aromatic N) is 1. The van der Waals surface area contributed by atoms with E-state index < -0.39 is 5.82 Å². The summed E-state index contributed by atoms with van der Waals surface area (Å²) in [6.07, 6.45) is 0. The van der Waals surface area contributed by atoms with Gasteiger partial charge in [-0.2, -0.15) is 0 Å². The van der Waals surface area contributed by atoms with Gasteiger partial charge in [0.2, 0.25) is 0 Å². The standard InChI is InChI=1S/C21H15FN2O2/c22-17-9-2-4-11-19(17)26-13-14-6-5-7-15(12-14)20-23-18-10-3-1-8-16(18)21(25)24-20/h1-12H,13H2,(H,23,24,25). The molecule has 4 aromatic rings. The van der Waals surface area contributed by atoms with E-state index >= 15 is 0 Å². The van der Waals surface area contributed by atoms with Gasteiger partial charge in [-0.3, -0.25) is 4.79 Å². The summed E-state index contributed by atoms with van der Waals surface area (Å²) >= 11 is 0. The molecule has 0 aliphatic heterocycles. The highest BCUT2D eigenvalue weighted by molar-refractivity contribution is 5.79. The highest BCUT2D eigenvalue weighted by Crippen LogP contribution is 2.20. The maximum absolute atomic E-state index is 13.7. The predicted octanol–water partition coefficient (Wildman–Crippen LogP) is 4.31. The van der Waals surface area contributed by atoms with Crippen LogP contribution >= 0.6 is 0 Å². The second kappa shape index (κ2) is 6.80. The van der Waals surface area contributed by atoms with Gasteiger partial charge in [0.25, 0.3) is 5.56 Å². The molecule has 26 heavy (non-hydrogen) atoms. The van der Waals surface area contributed by atoms with Crippen LogP contribution < -0.4 is 10.3 Å². The van der Waals surface area contributed by atoms with Crippen molar-refractivity contribution in [2.24, 2.45) is 0 Å². The Labute approximate surface area is 148 Å². The molecule has 0 radical (unpaired) electrons. The maximum atomic E-state index is 13.7. The quantitative estimate of drug-likeness (QED) is 0.599. The number of benzene rings is 3. The van der Waals surface area contributed by atoms with Crippen LogP contribution in [0.5, 0.6) is 5.75 Å². The largest absolute Gasteiger partial charge is 0.486 e. The molecule has 1 N–H and O–H groups in total. The molecular formula is C21H15FN2O2. The van der Waals surface area contributed by atoms with E-state index in [-0.39, 0.29) is 17.9 Å². The van der Waals surface area contributed by atoms with Gasteiger partial charge in [0.1, 0.15) is 12.4 Å². The number of fused-ring (bicyclic) bond motifs is 1. The van der Waals surface area contributed by atoms with Crippen molar-refractivity contribution in [1.29, 1.82) is 0 Å². The average molecular weight is 346 g/mol. The molecule has 0 saturated carbocycles. The first-order chi connectivity index (χ1) is 12.7. The minimum absolute atomic E-state index is 0.182. The molecular weight excluding hydrogens is 331 g/mol. The monoisotopic (exact) mass is 346 g/mol. The summed E-state index contributed by atoms with van der Waals surface area (Å²) in [6, 6.07) is 20.9. The normalized spacial score (nSPS) is 10.8. The Kier molecular flexibility index (Phi) is 4.19. The molecule has 0 spiro atoms. The molecule has 0 unspecified atom stereocenters. The maximum Gasteiger partial charge on any atom is 0.259 e. The first kappa shape index (κ1) is 16.0. The fourth-order valence-electron chi connectivity index (χ4n) is 2.75. The lowest BCUT2D eigenvalue weighted by atomic mass is 10.1. The summed E-state index contributed by atoms with van der Waals surface area (Å²) in [6.45, 7) is 0.215. The Morgan fingerprint density at radius 1 is 0.962 bits per heavy atom. The number of hydrogen-bond donors (Lipinski definition) is 1. The molecule has 0 bridgehead atoms. The molecule has 3 aromatic carbocycles. The molecule has 0 saturated heterocycles. The minimum atomic E-state index is -0.399. The number of para-hydroxylation sites is 2. The lowest BCUT2D eigenvalue weighted by molar-refractivity contribution is 0.290. The first-order valence-corrected chi connectivity index (χ1v) is 8.16. The predicted molar refractivity (Wildman–Crippen MR) is 98.5 cm³/mol. The van der Waals surface area contributed by atoms with Crippen LogP contribution in [-0.4, -0.2) is 9.97 Å². The fraction of sp³-hybridized carbons (Fsp3) is 0.0476. The van der Waals surface area contributed by atoms with Gasteiger partial charge in [-0.15, -0.1) is 0 Å². The lowest BCUT2D eigenvalue weighted by Gasteiger charge is -2.09. The lowest BCUT2D eigenvalue weighted by Crippen LogP contribution is -2.09. The number of ether oxygens (including phenoxy) is 1. The van der Waals surface area contributed by atoms with Crippen LogP contribution in [0, 0.1) is 5.82 Å². The van der Waals surface area contributed by atoms with E-state index in [9.17, 15) is 9.18 Å². The highest BCUT2D eigenvalue weighted by atomic mass is 19.1.